The van der Waals surface area contributed by atoms with Gasteiger partial charge in [-0.3, -0.25) is 4.99 Å². The van der Waals surface area contributed by atoms with Crippen molar-refractivity contribution in [3.8, 4) is 5.75 Å². The molecule has 0 aliphatic carbocycles. The molecule has 2 rings (SSSR count). The molecule has 28 heavy (non-hydrogen) atoms. The van der Waals surface area contributed by atoms with Gasteiger partial charge >= 0.3 is 0 Å². The first-order chi connectivity index (χ1) is 13.0. The standard InChI is InChI=1S/C19H28FN5O2.HI/c1-5-14(26-16-9-7-6-8-15(16)20)12-23-19(21-4)22-11-10-17-24-18(13(2)3)25-27-17;/h6-9,13-14H,5,10-12H2,1-4H3,(H2,21,22,23);1H. The van der Waals surface area contributed by atoms with Gasteiger partial charge in [-0.2, -0.15) is 4.98 Å². The van der Waals surface area contributed by atoms with E-state index in [1.165, 1.54) is 6.07 Å². The highest BCUT2D eigenvalue weighted by Crippen LogP contribution is 2.17. The Kier molecular flexibility index (Phi) is 10.8. The lowest BCUT2D eigenvalue weighted by molar-refractivity contribution is 0.191. The maximum absolute atomic E-state index is 13.7. The van der Waals surface area contributed by atoms with Gasteiger partial charge in [0.1, 0.15) is 6.10 Å². The Morgan fingerprint density at radius 1 is 1.29 bits per heavy atom. The molecule has 1 unspecified atom stereocenters. The molecule has 0 aliphatic heterocycles. The summed E-state index contributed by atoms with van der Waals surface area (Å²) in [6, 6.07) is 6.40. The molecule has 1 heterocycles. The third kappa shape index (κ3) is 7.61. The van der Waals surface area contributed by atoms with Crippen molar-refractivity contribution in [1.82, 2.24) is 20.8 Å². The van der Waals surface area contributed by atoms with Gasteiger partial charge in [0.15, 0.2) is 23.4 Å². The number of aromatic nitrogens is 2. The molecule has 2 aromatic rings. The lowest BCUT2D eigenvalue weighted by Crippen LogP contribution is -2.43. The minimum Gasteiger partial charge on any atom is -0.486 e. The maximum Gasteiger partial charge on any atom is 0.228 e. The van der Waals surface area contributed by atoms with Crippen LogP contribution in [-0.2, 0) is 6.42 Å². The number of hydrogen-bond donors (Lipinski definition) is 2. The molecule has 1 aromatic carbocycles. The molecule has 1 atom stereocenters. The molecule has 0 aliphatic rings. The van der Waals surface area contributed by atoms with Crippen molar-refractivity contribution in [1.29, 1.82) is 0 Å². The van der Waals surface area contributed by atoms with Gasteiger partial charge in [-0.25, -0.2) is 4.39 Å². The van der Waals surface area contributed by atoms with Crippen LogP contribution in [0.4, 0.5) is 4.39 Å². The third-order valence-corrected chi connectivity index (χ3v) is 3.94. The maximum atomic E-state index is 13.7. The second kappa shape index (κ2) is 12.5. The molecule has 0 amide bonds. The Hall–Kier alpha value is -1.91. The van der Waals surface area contributed by atoms with E-state index < -0.39 is 0 Å². The van der Waals surface area contributed by atoms with Crippen LogP contribution in [0.3, 0.4) is 0 Å². The summed E-state index contributed by atoms with van der Waals surface area (Å²) in [5.41, 5.74) is 0. The fourth-order valence-electron chi connectivity index (χ4n) is 2.31. The van der Waals surface area contributed by atoms with Gasteiger partial charge in [-0.15, -0.1) is 24.0 Å². The first-order valence-electron chi connectivity index (χ1n) is 9.21. The highest BCUT2D eigenvalue weighted by molar-refractivity contribution is 14.0. The molecule has 0 radical (unpaired) electrons. The van der Waals surface area contributed by atoms with Gasteiger partial charge in [0.25, 0.3) is 0 Å². The Morgan fingerprint density at radius 3 is 2.64 bits per heavy atom. The summed E-state index contributed by atoms with van der Waals surface area (Å²) >= 11 is 0. The lowest BCUT2D eigenvalue weighted by Gasteiger charge is -2.20. The van der Waals surface area contributed by atoms with Crippen LogP contribution in [0, 0.1) is 5.82 Å². The summed E-state index contributed by atoms with van der Waals surface area (Å²) in [4.78, 5) is 8.52. The molecule has 0 saturated carbocycles. The van der Waals surface area contributed by atoms with E-state index in [9.17, 15) is 4.39 Å². The van der Waals surface area contributed by atoms with Gasteiger partial charge in [0, 0.05) is 25.9 Å². The van der Waals surface area contributed by atoms with Crippen molar-refractivity contribution >= 4 is 29.9 Å². The van der Waals surface area contributed by atoms with E-state index in [1.807, 2.05) is 20.8 Å². The van der Waals surface area contributed by atoms with Crippen molar-refractivity contribution in [2.24, 2.45) is 4.99 Å². The zero-order valence-corrected chi connectivity index (χ0v) is 19.1. The molecule has 0 saturated heterocycles. The van der Waals surface area contributed by atoms with Gasteiger partial charge in [0.05, 0.1) is 6.54 Å². The first-order valence-corrected chi connectivity index (χ1v) is 9.21. The fraction of sp³-hybridized carbons (Fsp3) is 0.526. The van der Waals surface area contributed by atoms with E-state index in [0.29, 0.717) is 37.2 Å². The highest BCUT2D eigenvalue weighted by atomic mass is 127. The fourth-order valence-corrected chi connectivity index (χ4v) is 2.31. The summed E-state index contributed by atoms with van der Waals surface area (Å²) in [6.45, 7) is 7.14. The van der Waals surface area contributed by atoms with Crippen LogP contribution < -0.4 is 15.4 Å². The first kappa shape index (κ1) is 24.1. The summed E-state index contributed by atoms with van der Waals surface area (Å²) in [5.74, 6) is 2.07. The second-order valence-corrected chi connectivity index (χ2v) is 6.41. The van der Waals surface area contributed by atoms with Crippen molar-refractivity contribution in [2.75, 3.05) is 20.1 Å². The van der Waals surface area contributed by atoms with Gasteiger partial charge in [-0.1, -0.05) is 38.1 Å². The number of rotatable bonds is 9. The van der Waals surface area contributed by atoms with E-state index in [0.717, 1.165) is 6.42 Å². The lowest BCUT2D eigenvalue weighted by atomic mass is 10.2. The molecule has 1 aromatic heterocycles. The molecule has 2 N–H and O–H groups in total. The van der Waals surface area contributed by atoms with Crippen molar-refractivity contribution in [3.05, 3.63) is 41.8 Å². The number of aliphatic imine (C=N–C) groups is 1. The SMILES string of the molecule is CCC(CNC(=NC)NCCc1nc(C(C)C)no1)Oc1ccccc1F.I. The molecule has 7 nitrogen and oxygen atoms in total. The van der Waals surface area contributed by atoms with E-state index in [1.54, 1.807) is 25.2 Å². The third-order valence-electron chi connectivity index (χ3n) is 3.94. The van der Waals surface area contributed by atoms with E-state index >= 15 is 0 Å². The summed E-state index contributed by atoms with van der Waals surface area (Å²) in [5, 5.41) is 10.3. The van der Waals surface area contributed by atoms with Gasteiger partial charge in [0.2, 0.25) is 5.89 Å². The van der Waals surface area contributed by atoms with Crippen LogP contribution >= 0.6 is 24.0 Å². The summed E-state index contributed by atoms with van der Waals surface area (Å²) in [6.07, 6.45) is 1.16. The van der Waals surface area contributed by atoms with Gasteiger partial charge < -0.3 is 19.9 Å². The zero-order chi connectivity index (χ0) is 19.6. The topological polar surface area (TPSA) is 84.6 Å². The van der Waals surface area contributed by atoms with Crippen molar-refractivity contribution in [3.63, 3.8) is 0 Å². The predicted molar refractivity (Wildman–Crippen MR) is 118 cm³/mol. The van der Waals surface area contributed by atoms with Crippen LogP contribution in [0.5, 0.6) is 5.75 Å². The second-order valence-electron chi connectivity index (χ2n) is 6.41. The minimum atomic E-state index is -0.362. The normalized spacial score (nSPS) is 12.4. The monoisotopic (exact) mass is 505 g/mol. The minimum absolute atomic E-state index is 0. The molecular formula is C19H29FIN5O2. The molecule has 9 heteroatoms. The smallest absolute Gasteiger partial charge is 0.228 e. The average Bonchev–Trinajstić information content (AvgIpc) is 3.14. The van der Waals surface area contributed by atoms with Crippen LogP contribution in [0.2, 0.25) is 0 Å². The van der Waals surface area contributed by atoms with Crippen LogP contribution in [-0.4, -0.2) is 42.3 Å². The number of guanidine groups is 1. The number of benzene rings is 1. The number of halogens is 2. The quantitative estimate of drug-likeness (QED) is 0.308. The van der Waals surface area contributed by atoms with Crippen LogP contribution in [0.15, 0.2) is 33.8 Å². The molecule has 156 valence electrons. The Balaban J connectivity index is 0.00000392. The van der Waals surface area contributed by atoms with E-state index in [4.69, 9.17) is 9.26 Å². The number of hydrogen-bond acceptors (Lipinski definition) is 5. The largest absolute Gasteiger partial charge is 0.486 e. The van der Waals surface area contributed by atoms with E-state index in [2.05, 4.69) is 25.8 Å². The molecular weight excluding hydrogens is 476 g/mol. The van der Waals surface area contributed by atoms with Crippen LogP contribution in [0.1, 0.15) is 44.8 Å². The summed E-state index contributed by atoms with van der Waals surface area (Å²) in [7, 11) is 1.69. The number of para-hydroxylation sites is 1. The average molecular weight is 505 g/mol. The van der Waals surface area contributed by atoms with E-state index in [-0.39, 0.29) is 47.6 Å². The summed E-state index contributed by atoms with van der Waals surface area (Å²) < 4.78 is 24.7. The Morgan fingerprint density at radius 2 is 2.04 bits per heavy atom. The van der Waals surface area contributed by atoms with Gasteiger partial charge in [-0.05, 0) is 18.6 Å². The number of nitrogens with one attached hydrogen (secondary N) is 2. The zero-order valence-electron chi connectivity index (χ0n) is 16.7. The van der Waals surface area contributed by atoms with Crippen LogP contribution in [0.25, 0.3) is 0 Å². The predicted octanol–water partition coefficient (Wildman–Crippen LogP) is 3.52. The molecule has 0 fully saturated rings. The van der Waals surface area contributed by atoms with Crippen molar-refractivity contribution in [2.45, 2.75) is 45.6 Å². The molecule has 0 spiro atoms. The number of nitrogens with zero attached hydrogens (tertiary/aromatic N) is 3. The van der Waals surface area contributed by atoms with Crippen molar-refractivity contribution < 1.29 is 13.7 Å². The highest BCUT2D eigenvalue weighted by Gasteiger charge is 2.13. The number of ether oxygens (including phenoxy) is 1. The Labute approximate surface area is 182 Å². The molecule has 0 bridgehead atoms. The Bertz CT molecular complexity index is 739.